The van der Waals surface area contributed by atoms with Crippen LogP contribution in [0, 0.1) is 5.92 Å². The van der Waals surface area contributed by atoms with Crippen LogP contribution in [0.5, 0.6) is 0 Å². The Morgan fingerprint density at radius 2 is 2.37 bits per heavy atom. The van der Waals surface area contributed by atoms with Crippen molar-refractivity contribution in [3.05, 3.63) is 10.6 Å². The van der Waals surface area contributed by atoms with E-state index in [1.807, 2.05) is 0 Å². The standard InChI is InChI=1S/C13H19N3O2S/c14-9-3-1-2-8(6-9)12(17)16-13-15-10-4-5-18-7-11(10)19-13/h8-9H,1-7,14H2,(H,15,16,17). The van der Waals surface area contributed by atoms with Gasteiger partial charge in [0, 0.05) is 18.4 Å². The molecule has 0 saturated heterocycles. The summed E-state index contributed by atoms with van der Waals surface area (Å²) in [4.78, 5) is 17.8. The fourth-order valence-electron chi connectivity index (χ4n) is 2.75. The van der Waals surface area contributed by atoms with Gasteiger partial charge in [-0.2, -0.15) is 0 Å². The Kier molecular flexibility index (Phi) is 3.81. The highest BCUT2D eigenvalue weighted by Crippen LogP contribution is 2.29. The summed E-state index contributed by atoms with van der Waals surface area (Å²) in [5.41, 5.74) is 7.00. The molecule has 1 fully saturated rings. The number of fused-ring (bicyclic) bond motifs is 1. The van der Waals surface area contributed by atoms with E-state index in [0.29, 0.717) is 11.7 Å². The van der Waals surface area contributed by atoms with Crippen molar-refractivity contribution < 1.29 is 9.53 Å². The third kappa shape index (κ3) is 2.96. The molecule has 2 atom stereocenters. The van der Waals surface area contributed by atoms with Crippen LogP contribution in [0.3, 0.4) is 0 Å². The van der Waals surface area contributed by atoms with Crippen LogP contribution < -0.4 is 11.1 Å². The van der Waals surface area contributed by atoms with Gasteiger partial charge in [0.1, 0.15) is 0 Å². The van der Waals surface area contributed by atoms with Crippen molar-refractivity contribution >= 4 is 22.4 Å². The number of anilines is 1. The number of carbonyl (C=O) groups is 1. The molecule has 1 aliphatic carbocycles. The second-order valence-corrected chi connectivity index (χ2v) is 6.39. The molecular formula is C13H19N3O2S. The number of carbonyl (C=O) groups excluding carboxylic acids is 1. The Bertz CT molecular complexity index is 451. The average Bonchev–Trinajstić information content (AvgIpc) is 2.80. The smallest absolute Gasteiger partial charge is 0.229 e. The van der Waals surface area contributed by atoms with Crippen LogP contribution in [-0.2, 0) is 22.6 Å². The molecule has 2 heterocycles. The summed E-state index contributed by atoms with van der Waals surface area (Å²) in [5, 5.41) is 3.65. The van der Waals surface area contributed by atoms with Gasteiger partial charge in [0.2, 0.25) is 5.91 Å². The first-order valence-corrected chi connectivity index (χ1v) is 7.67. The van der Waals surface area contributed by atoms with Crippen LogP contribution in [0.25, 0.3) is 0 Å². The second kappa shape index (κ2) is 5.56. The zero-order valence-corrected chi connectivity index (χ0v) is 11.7. The van der Waals surface area contributed by atoms with Gasteiger partial charge in [-0.3, -0.25) is 4.79 Å². The molecule has 0 aromatic carbocycles. The molecule has 1 aromatic rings. The molecule has 2 aliphatic rings. The van der Waals surface area contributed by atoms with E-state index in [1.54, 1.807) is 0 Å². The van der Waals surface area contributed by atoms with E-state index < -0.39 is 0 Å². The molecule has 1 amide bonds. The molecule has 19 heavy (non-hydrogen) atoms. The molecule has 104 valence electrons. The van der Waals surface area contributed by atoms with Crippen molar-refractivity contribution in [2.75, 3.05) is 11.9 Å². The molecule has 0 radical (unpaired) electrons. The number of hydrogen-bond donors (Lipinski definition) is 2. The number of aromatic nitrogens is 1. The van der Waals surface area contributed by atoms with Gasteiger partial charge in [0.25, 0.3) is 0 Å². The molecule has 0 spiro atoms. The van der Waals surface area contributed by atoms with Crippen molar-refractivity contribution in [3.63, 3.8) is 0 Å². The van der Waals surface area contributed by atoms with E-state index in [9.17, 15) is 4.79 Å². The normalized spacial score (nSPS) is 26.8. The van der Waals surface area contributed by atoms with Gasteiger partial charge in [0.05, 0.1) is 23.8 Å². The Labute approximate surface area is 116 Å². The first-order valence-electron chi connectivity index (χ1n) is 6.85. The number of nitrogens with zero attached hydrogens (tertiary/aromatic N) is 1. The van der Waals surface area contributed by atoms with Gasteiger partial charge in [-0.1, -0.05) is 17.8 Å². The maximum Gasteiger partial charge on any atom is 0.229 e. The molecule has 1 aliphatic heterocycles. The lowest BCUT2D eigenvalue weighted by molar-refractivity contribution is -0.120. The predicted molar refractivity (Wildman–Crippen MR) is 74.0 cm³/mol. The number of ether oxygens (including phenoxy) is 1. The molecule has 1 aromatic heterocycles. The summed E-state index contributed by atoms with van der Waals surface area (Å²) < 4.78 is 5.39. The third-order valence-corrected chi connectivity index (χ3v) is 4.80. The molecule has 1 saturated carbocycles. The number of nitrogens with two attached hydrogens (primary N) is 1. The zero-order chi connectivity index (χ0) is 13.2. The van der Waals surface area contributed by atoms with Gasteiger partial charge < -0.3 is 15.8 Å². The van der Waals surface area contributed by atoms with Gasteiger partial charge in [-0.25, -0.2) is 4.98 Å². The lowest BCUT2D eigenvalue weighted by Gasteiger charge is -2.25. The van der Waals surface area contributed by atoms with Crippen LogP contribution in [0.15, 0.2) is 0 Å². The van der Waals surface area contributed by atoms with Crippen LogP contribution >= 0.6 is 11.3 Å². The van der Waals surface area contributed by atoms with E-state index >= 15 is 0 Å². The van der Waals surface area contributed by atoms with E-state index in [4.69, 9.17) is 10.5 Å². The minimum atomic E-state index is 0.0425. The highest BCUT2D eigenvalue weighted by molar-refractivity contribution is 7.15. The minimum Gasteiger partial charge on any atom is -0.375 e. The molecule has 5 nitrogen and oxygen atoms in total. The molecular weight excluding hydrogens is 262 g/mol. The van der Waals surface area contributed by atoms with E-state index in [-0.39, 0.29) is 17.9 Å². The maximum absolute atomic E-state index is 12.2. The first-order chi connectivity index (χ1) is 9.22. The van der Waals surface area contributed by atoms with Crippen LogP contribution in [0.2, 0.25) is 0 Å². The molecule has 2 unspecified atom stereocenters. The number of hydrogen-bond acceptors (Lipinski definition) is 5. The van der Waals surface area contributed by atoms with Crippen molar-refractivity contribution in [2.45, 2.75) is 44.8 Å². The SMILES string of the molecule is NC1CCCC(C(=O)Nc2nc3c(s2)COCC3)C1. The van der Waals surface area contributed by atoms with Crippen LogP contribution in [-0.4, -0.2) is 23.5 Å². The van der Waals surface area contributed by atoms with E-state index in [2.05, 4.69) is 10.3 Å². The Morgan fingerprint density at radius 3 is 3.16 bits per heavy atom. The summed E-state index contributed by atoms with van der Waals surface area (Å²) in [7, 11) is 0. The fraction of sp³-hybridized carbons (Fsp3) is 0.692. The Hall–Kier alpha value is -0.980. The number of amides is 1. The lowest BCUT2D eigenvalue weighted by atomic mass is 9.86. The molecule has 3 N–H and O–H groups in total. The zero-order valence-electron chi connectivity index (χ0n) is 10.9. The fourth-order valence-corrected chi connectivity index (χ4v) is 3.70. The third-order valence-electron chi connectivity index (χ3n) is 3.81. The Morgan fingerprint density at radius 1 is 1.47 bits per heavy atom. The van der Waals surface area contributed by atoms with Crippen molar-refractivity contribution in [1.82, 2.24) is 4.98 Å². The summed E-state index contributed by atoms with van der Waals surface area (Å²) >= 11 is 1.53. The van der Waals surface area contributed by atoms with Gasteiger partial charge in [0.15, 0.2) is 5.13 Å². The summed E-state index contributed by atoms with van der Waals surface area (Å²) in [5.74, 6) is 0.114. The molecule has 3 rings (SSSR count). The molecule has 0 bridgehead atoms. The summed E-state index contributed by atoms with van der Waals surface area (Å²) in [6.07, 6.45) is 4.65. The largest absolute Gasteiger partial charge is 0.375 e. The molecule has 6 heteroatoms. The van der Waals surface area contributed by atoms with Crippen molar-refractivity contribution in [2.24, 2.45) is 11.7 Å². The lowest BCUT2D eigenvalue weighted by Crippen LogP contribution is -2.34. The first kappa shape index (κ1) is 13.0. The topological polar surface area (TPSA) is 77.2 Å². The summed E-state index contributed by atoms with van der Waals surface area (Å²) in [6.45, 7) is 1.35. The van der Waals surface area contributed by atoms with Crippen molar-refractivity contribution in [1.29, 1.82) is 0 Å². The monoisotopic (exact) mass is 281 g/mol. The minimum absolute atomic E-state index is 0.0425. The van der Waals surface area contributed by atoms with E-state index in [0.717, 1.165) is 49.3 Å². The second-order valence-electron chi connectivity index (χ2n) is 5.30. The van der Waals surface area contributed by atoms with Crippen LogP contribution in [0.4, 0.5) is 5.13 Å². The number of nitrogens with one attached hydrogen (secondary N) is 1. The predicted octanol–water partition coefficient (Wildman–Crippen LogP) is 1.67. The van der Waals surface area contributed by atoms with Crippen molar-refractivity contribution in [3.8, 4) is 0 Å². The average molecular weight is 281 g/mol. The highest BCUT2D eigenvalue weighted by atomic mass is 32.1. The Balaban J connectivity index is 1.64. The maximum atomic E-state index is 12.2. The summed E-state index contributed by atoms with van der Waals surface area (Å²) in [6, 6.07) is 0.169. The van der Waals surface area contributed by atoms with Gasteiger partial charge in [-0.05, 0) is 19.3 Å². The number of rotatable bonds is 2. The van der Waals surface area contributed by atoms with Gasteiger partial charge >= 0.3 is 0 Å². The van der Waals surface area contributed by atoms with E-state index in [1.165, 1.54) is 11.3 Å². The van der Waals surface area contributed by atoms with Gasteiger partial charge in [-0.15, -0.1) is 0 Å². The number of thiazole rings is 1. The highest BCUT2D eigenvalue weighted by Gasteiger charge is 2.26. The quantitative estimate of drug-likeness (QED) is 0.864. The van der Waals surface area contributed by atoms with Crippen LogP contribution in [0.1, 0.15) is 36.3 Å².